The third-order valence-electron chi connectivity index (χ3n) is 4.72. The summed E-state index contributed by atoms with van der Waals surface area (Å²) in [6, 6.07) is 11.1. The summed E-state index contributed by atoms with van der Waals surface area (Å²) < 4.78 is 32.2. The molecular formula is C21H27N3O5S. The van der Waals surface area contributed by atoms with Crippen molar-refractivity contribution in [1.82, 2.24) is 9.62 Å². The Hall–Kier alpha value is -2.75. The number of rotatable bonds is 9. The maximum atomic E-state index is 13.1. The molecule has 0 unspecified atom stereocenters. The maximum absolute atomic E-state index is 13.1. The van der Waals surface area contributed by atoms with Crippen molar-refractivity contribution in [2.75, 3.05) is 39.2 Å². The second-order valence-electron chi connectivity index (χ2n) is 6.73. The van der Waals surface area contributed by atoms with Crippen molar-refractivity contribution >= 4 is 27.5 Å². The molecule has 0 spiro atoms. The Morgan fingerprint density at radius 1 is 1.07 bits per heavy atom. The van der Waals surface area contributed by atoms with Crippen LogP contribution in [0.5, 0.6) is 0 Å². The van der Waals surface area contributed by atoms with E-state index in [1.54, 1.807) is 6.07 Å². The highest BCUT2D eigenvalue weighted by Crippen LogP contribution is 2.19. The second-order valence-corrected chi connectivity index (χ2v) is 8.67. The molecule has 2 aromatic rings. The lowest BCUT2D eigenvalue weighted by molar-refractivity contribution is -0.116. The van der Waals surface area contributed by atoms with Crippen LogP contribution < -0.4 is 10.6 Å². The van der Waals surface area contributed by atoms with E-state index < -0.39 is 15.9 Å². The van der Waals surface area contributed by atoms with Gasteiger partial charge in [0.15, 0.2) is 0 Å². The summed E-state index contributed by atoms with van der Waals surface area (Å²) in [5, 5.41) is 5.25. The molecule has 0 radical (unpaired) electrons. The predicted molar refractivity (Wildman–Crippen MR) is 115 cm³/mol. The first kappa shape index (κ1) is 23.5. The third-order valence-corrected chi connectivity index (χ3v) is 6.58. The number of nitrogens with one attached hydrogen (secondary N) is 2. The first-order valence-electron chi connectivity index (χ1n) is 9.38. The molecule has 0 aliphatic carbocycles. The fourth-order valence-electron chi connectivity index (χ4n) is 2.79. The average Bonchev–Trinajstić information content (AvgIpc) is 2.73. The summed E-state index contributed by atoms with van der Waals surface area (Å²) in [5.41, 5.74) is 2.92. The topological polar surface area (TPSA) is 105 Å². The number of hydrogen-bond donors (Lipinski definition) is 2. The summed E-state index contributed by atoms with van der Waals surface area (Å²) >= 11 is 0. The fraction of sp³-hybridized carbons (Fsp3) is 0.333. The molecule has 2 amide bonds. The molecule has 2 N–H and O–H groups in total. The Bertz CT molecular complexity index is 1000. The van der Waals surface area contributed by atoms with Crippen LogP contribution in [0, 0.1) is 13.8 Å². The van der Waals surface area contributed by atoms with Gasteiger partial charge < -0.3 is 15.4 Å². The number of sulfonamides is 1. The van der Waals surface area contributed by atoms with E-state index in [0.29, 0.717) is 11.3 Å². The van der Waals surface area contributed by atoms with Crippen molar-refractivity contribution in [3.63, 3.8) is 0 Å². The summed E-state index contributed by atoms with van der Waals surface area (Å²) in [7, 11) is -1.02. The van der Waals surface area contributed by atoms with Crippen LogP contribution in [-0.2, 0) is 19.6 Å². The molecule has 0 aliphatic rings. The molecular weight excluding hydrogens is 406 g/mol. The maximum Gasteiger partial charge on any atom is 0.251 e. The lowest BCUT2D eigenvalue weighted by Gasteiger charge is -2.22. The smallest absolute Gasteiger partial charge is 0.251 e. The van der Waals surface area contributed by atoms with E-state index in [0.717, 1.165) is 15.4 Å². The van der Waals surface area contributed by atoms with Crippen molar-refractivity contribution < 1.29 is 22.7 Å². The van der Waals surface area contributed by atoms with Gasteiger partial charge in [0.25, 0.3) is 5.91 Å². The SMILES string of the molecule is CNC(=O)c1ccc(S(=O)(=O)N(CCOC)CC(=O)Nc2cccc(C)c2C)cc1. The Morgan fingerprint density at radius 2 is 1.73 bits per heavy atom. The van der Waals surface area contributed by atoms with Crippen LogP contribution in [0.15, 0.2) is 47.4 Å². The van der Waals surface area contributed by atoms with Gasteiger partial charge in [-0.25, -0.2) is 8.42 Å². The molecule has 9 heteroatoms. The van der Waals surface area contributed by atoms with Crippen LogP contribution in [0.4, 0.5) is 5.69 Å². The molecule has 0 bridgehead atoms. The van der Waals surface area contributed by atoms with Gasteiger partial charge in [0.05, 0.1) is 18.0 Å². The van der Waals surface area contributed by atoms with E-state index in [1.165, 1.54) is 38.4 Å². The standard InChI is InChI=1S/C21H27N3O5S/c1-15-6-5-7-19(16(15)2)23-20(25)14-24(12-13-29-4)30(27,28)18-10-8-17(9-11-18)21(26)22-3/h5-11H,12-14H2,1-4H3,(H,22,26)(H,23,25). The molecule has 0 atom stereocenters. The first-order valence-corrected chi connectivity index (χ1v) is 10.8. The monoisotopic (exact) mass is 433 g/mol. The predicted octanol–water partition coefficient (Wildman–Crippen LogP) is 1.94. The summed E-state index contributed by atoms with van der Waals surface area (Å²) in [6.07, 6.45) is 0. The molecule has 0 fully saturated rings. The Labute approximate surface area is 177 Å². The molecule has 0 saturated heterocycles. The van der Waals surface area contributed by atoms with Crippen molar-refractivity contribution in [3.05, 3.63) is 59.2 Å². The van der Waals surface area contributed by atoms with Gasteiger partial charge in [0, 0.05) is 32.0 Å². The van der Waals surface area contributed by atoms with Gasteiger partial charge in [0.2, 0.25) is 15.9 Å². The molecule has 0 saturated carbocycles. The van der Waals surface area contributed by atoms with E-state index in [-0.39, 0.29) is 30.5 Å². The van der Waals surface area contributed by atoms with E-state index in [4.69, 9.17) is 4.74 Å². The zero-order chi connectivity index (χ0) is 22.3. The van der Waals surface area contributed by atoms with Gasteiger partial charge >= 0.3 is 0 Å². The van der Waals surface area contributed by atoms with E-state index in [2.05, 4.69) is 10.6 Å². The molecule has 2 rings (SSSR count). The number of carbonyl (C=O) groups excluding carboxylic acids is 2. The number of ether oxygens (including phenoxy) is 1. The summed E-state index contributed by atoms with van der Waals surface area (Å²) in [5.74, 6) is -0.770. The van der Waals surface area contributed by atoms with Crippen molar-refractivity contribution in [2.24, 2.45) is 0 Å². The summed E-state index contributed by atoms with van der Waals surface area (Å²) in [4.78, 5) is 24.3. The minimum Gasteiger partial charge on any atom is -0.383 e. The molecule has 0 aromatic heterocycles. The molecule has 0 aliphatic heterocycles. The Balaban J connectivity index is 2.23. The zero-order valence-electron chi connectivity index (χ0n) is 17.6. The molecule has 162 valence electrons. The largest absolute Gasteiger partial charge is 0.383 e. The van der Waals surface area contributed by atoms with E-state index in [9.17, 15) is 18.0 Å². The van der Waals surface area contributed by atoms with Crippen molar-refractivity contribution in [2.45, 2.75) is 18.7 Å². The normalized spacial score (nSPS) is 11.4. The van der Waals surface area contributed by atoms with Crippen LogP contribution >= 0.6 is 0 Å². The highest BCUT2D eigenvalue weighted by atomic mass is 32.2. The van der Waals surface area contributed by atoms with Gasteiger partial charge in [-0.2, -0.15) is 4.31 Å². The van der Waals surface area contributed by atoms with E-state index >= 15 is 0 Å². The lowest BCUT2D eigenvalue weighted by atomic mass is 10.1. The van der Waals surface area contributed by atoms with Gasteiger partial charge in [-0.05, 0) is 55.3 Å². The number of methoxy groups -OCH3 is 1. The van der Waals surface area contributed by atoms with Crippen LogP contribution in [0.1, 0.15) is 21.5 Å². The molecule has 0 heterocycles. The van der Waals surface area contributed by atoms with E-state index in [1.807, 2.05) is 26.0 Å². The van der Waals surface area contributed by atoms with Gasteiger partial charge in [0.1, 0.15) is 0 Å². The highest BCUT2D eigenvalue weighted by Gasteiger charge is 2.27. The van der Waals surface area contributed by atoms with Gasteiger partial charge in [-0.3, -0.25) is 9.59 Å². The Morgan fingerprint density at radius 3 is 2.33 bits per heavy atom. The Kier molecular flexibility index (Phi) is 8.10. The highest BCUT2D eigenvalue weighted by molar-refractivity contribution is 7.89. The summed E-state index contributed by atoms with van der Waals surface area (Å²) in [6.45, 7) is 3.60. The second kappa shape index (κ2) is 10.3. The fourth-order valence-corrected chi connectivity index (χ4v) is 4.17. The average molecular weight is 434 g/mol. The minimum atomic E-state index is -3.97. The van der Waals surface area contributed by atoms with Crippen molar-refractivity contribution in [1.29, 1.82) is 0 Å². The van der Waals surface area contributed by atoms with Gasteiger partial charge in [-0.15, -0.1) is 0 Å². The molecule has 8 nitrogen and oxygen atoms in total. The van der Waals surface area contributed by atoms with Gasteiger partial charge in [-0.1, -0.05) is 12.1 Å². The third kappa shape index (κ3) is 5.65. The number of anilines is 1. The number of benzene rings is 2. The van der Waals surface area contributed by atoms with Crippen molar-refractivity contribution in [3.8, 4) is 0 Å². The van der Waals surface area contributed by atoms with Crippen LogP contribution in [0.3, 0.4) is 0 Å². The first-order chi connectivity index (χ1) is 14.2. The van der Waals surface area contributed by atoms with Crippen LogP contribution in [-0.4, -0.2) is 58.4 Å². The number of hydrogen-bond acceptors (Lipinski definition) is 5. The quantitative estimate of drug-likeness (QED) is 0.629. The lowest BCUT2D eigenvalue weighted by Crippen LogP contribution is -2.40. The molecule has 30 heavy (non-hydrogen) atoms. The number of amides is 2. The van der Waals surface area contributed by atoms with Crippen LogP contribution in [0.2, 0.25) is 0 Å². The minimum absolute atomic E-state index is 0.00853. The number of aryl methyl sites for hydroxylation is 1. The molecule has 2 aromatic carbocycles. The number of carbonyl (C=O) groups is 2. The van der Waals surface area contributed by atoms with Crippen LogP contribution in [0.25, 0.3) is 0 Å². The number of nitrogens with zero attached hydrogens (tertiary/aromatic N) is 1. The zero-order valence-corrected chi connectivity index (χ0v) is 18.4.